The van der Waals surface area contributed by atoms with Crippen LogP contribution < -0.4 is 0 Å². The van der Waals surface area contributed by atoms with Crippen molar-refractivity contribution in [3.8, 4) is 0 Å². The van der Waals surface area contributed by atoms with Gasteiger partial charge in [-0.1, -0.05) is 27.7 Å². The van der Waals surface area contributed by atoms with Crippen LogP contribution in [0, 0.1) is 6.92 Å². The molecule has 0 amide bonds. The Kier molecular flexibility index (Phi) is 2.70. The molecular formula is C13H18N2O. The SMILES string of the molecule is Cc1c(C(C)C)oc2cnc(C(C)C)nc12. The summed E-state index contributed by atoms with van der Waals surface area (Å²) in [5.41, 5.74) is 2.90. The number of hydrogen-bond donors (Lipinski definition) is 0. The van der Waals surface area contributed by atoms with Crippen molar-refractivity contribution in [3.05, 3.63) is 23.3 Å². The van der Waals surface area contributed by atoms with Crippen LogP contribution in [0.25, 0.3) is 11.1 Å². The van der Waals surface area contributed by atoms with E-state index in [9.17, 15) is 0 Å². The number of aryl methyl sites for hydroxylation is 1. The van der Waals surface area contributed by atoms with E-state index in [4.69, 9.17) is 4.42 Å². The lowest BCUT2D eigenvalue weighted by Crippen LogP contribution is -1.96. The van der Waals surface area contributed by atoms with Crippen molar-refractivity contribution in [2.24, 2.45) is 0 Å². The first-order chi connectivity index (χ1) is 7.50. The zero-order valence-corrected chi connectivity index (χ0v) is 10.5. The average molecular weight is 218 g/mol. The zero-order chi connectivity index (χ0) is 11.9. The summed E-state index contributed by atoms with van der Waals surface area (Å²) in [4.78, 5) is 8.89. The molecule has 2 aromatic rings. The first-order valence-electron chi connectivity index (χ1n) is 5.76. The lowest BCUT2D eigenvalue weighted by atomic mass is 10.1. The van der Waals surface area contributed by atoms with Crippen LogP contribution in [0.2, 0.25) is 0 Å². The lowest BCUT2D eigenvalue weighted by molar-refractivity contribution is 0.516. The van der Waals surface area contributed by atoms with Crippen molar-refractivity contribution >= 4 is 11.1 Å². The Morgan fingerprint density at radius 2 is 1.81 bits per heavy atom. The summed E-state index contributed by atoms with van der Waals surface area (Å²) in [6.45, 7) is 10.5. The summed E-state index contributed by atoms with van der Waals surface area (Å²) in [5, 5.41) is 0. The Bertz CT molecular complexity index is 512. The molecule has 3 heteroatoms. The molecule has 0 aromatic carbocycles. The molecule has 0 aliphatic heterocycles. The van der Waals surface area contributed by atoms with E-state index in [1.807, 2.05) is 0 Å². The van der Waals surface area contributed by atoms with Gasteiger partial charge in [0.05, 0.1) is 6.20 Å². The summed E-state index contributed by atoms with van der Waals surface area (Å²) in [5.74, 6) is 2.63. The zero-order valence-electron chi connectivity index (χ0n) is 10.5. The van der Waals surface area contributed by atoms with Gasteiger partial charge in [0.15, 0.2) is 5.58 Å². The van der Waals surface area contributed by atoms with E-state index in [0.29, 0.717) is 11.8 Å². The van der Waals surface area contributed by atoms with E-state index in [1.54, 1.807) is 6.20 Å². The Labute approximate surface area is 95.9 Å². The summed E-state index contributed by atoms with van der Waals surface area (Å²) < 4.78 is 5.77. The topological polar surface area (TPSA) is 38.9 Å². The van der Waals surface area contributed by atoms with Crippen LogP contribution >= 0.6 is 0 Å². The monoisotopic (exact) mass is 218 g/mol. The minimum absolute atomic E-state index is 0.348. The second-order valence-corrected chi connectivity index (χ2v) is 4.84. The van der Waals surface area contributed by atoms with Gasteiger partial charge in [-0.05, 0) is 6.92 Å². The Morgan fingerprint density at radius 3 is 2.38 bits per heavy atom. The maximum absolute atomic E-state index is 5.77. The van der Waals surface area contributed by atoms with Crippen molar-refractivity contribution < 1.29 is 4.42 Å². The molecular weight excluding hydrogens is 200 g/mol. The molecule has 0 unspecified atom stereocenters. The first kappa shape index (κ1) is 11.1. The second kappa shape index (κ2) is 3.89. The molecule has 0 N–H and O–H groups in total. The molecule has 0 radical (unpaired) electrons. The smallest absolute Gasteiger partial charge is 0.171 e. The van der Waals surface area contributed by atoms with E-state index in [2.05, 4.69) is 44.6 Å². The van der Waals surface area contributed by atoms with Gasteiger partial charge < -0.3 is 4.42 Å². The molecule has 2 heterocycles. The second-order valence-electron chi connectivity index (χ2n) is 4.84. The Hall–Kier alpha value is -1.38. The van der Waals surface area contributed by atoms with Crippen LogP contribution in [-0.4, -0.2) is 9.97 Å². The normalized spacial score (nSPS) is 11.9. The summed E-state index contributed by atoms with van der Waals surface area (Å²) in [7, 11) is 0. The van der Waals surface area contributed by atoms with Crippen molar-refractivity contribution in [1.29, 1.82) is 0 Å². The van der Waals surface area contributed by atoms with E-state index < -0.39 is 0 Å². The average Bonchev–Trinajstić information content (AvgIpc) is 2.56. The fourth-order valence-corrected chi connectivity index (χ4v) is 1.87. The molecule has 0 atom stereocenters. The van der Waals surface area contributed by atoms with Crippen molar-refractivity contribution in [1.82, 2.24) is 9.97 Å². The predicted octanol–water partition coefficient (Wildman–Crippen LogP) is 3.78. The molecule has 0 saturated heterocycles. The van der Waals surface area contributed by atoms with Crippen LogP contribution in [0.1, 0.15) is 56.7 Å². The van der Waals surface area contributed by atoms with E-state index >= 15 is 0 Å². The van der Waals surface area contributed by atoms with Crippen LogP contribution in [0.5, 0.6) is 0 Å². The van der Waals surface area contributed by atoms with Gasteiger partial charge in [-0.15, -0.1) is 0 Å². The van der Waals surface area contributed by atoms with Gasteiger partial charge in [-0.25, -0.2) is 9.97 Å². The molecule has 0 fully saturated rings. The highest BCUT2D eigenvalue weighted by Gasteiger charge is 2.16. The molecule has 0 saturated carbocycles. The van der Waals surface area contributed by atoms with E-state index in [0.717, 1.165) is 28.2 Å². The predicted molar refractivity (Wildman–Crippen MR) is 64.7 cm³/mol. The fourth-order valence-electron chi connectivity index (χ4n) is 1.87. The molecule has 0 spiro atoms. The Morgan fingerprint density at radius 1 is 1.12 bits per heavy atom. The van der Waals surface area contributed by atoms with Gasteiger partial charge in [0.25, 0.3) is 0 Å². The molecule has 0 bridgehead atoms. The van der Waals surface area contributed by atoms with Crippen LogP contribution in [0.3, 0.4) is 0 Å². The first-order valence-corrected chi connectivity index (χ1v) is 5.76. The van der Waals surface area contributed by atoms with Crippen LogP contribution in [-0.2, 0) is 0 Å². The minimum Gasteiger partial charge on any atom is -0.457 e. The molecule has 0 aliphatic rings. The van der Waals surface area contributed by atoms with Gasteiger partial charge in [0, 0.05) is 17.4 Å². The van der Waals surface area contributed by atoms with Crippen molar-refractivity contribution in [3.63, 3.8) is 0 Å². The van der Waals surface area contributed by atoms with Crippen LogP contribution in [0.4, 0.5) is 0 Å². The lowest BCUT2D eigenvalue weighted by Gasteiger charge is -2.01. The van der Waals surface area contributed by atoms with Crippen molar-refractivity contribution in [2.45, 2.75) is 46.5 Å². The van der Waals surface area contributed by atoms with Gasteiger partial charge >= 0.3 is 0 Å². The minimum atomic E-state index is 0.348. The third kappa shape index (κ3) is 1.70. The van der Waals surface area contributed by atoms with Gasteiger partial charge in [0.2, 0.25) is 0 Å². The number of rotatable bonds is 2. The standard InChI is InChI=1S/C13H18N2O/c1-7(2)12-9(5)11-10(16-12)6-14-13(15-11)8(3)4/h6-8H,1-5H3. The van der Waals surface area contributed by atoms with Gasteiger partial charge in [-0.2, -0.15) is 0 Å². The molecule has 2 aromatic heterocycles. The highest BCUT2D eigenvalue weighted by Crippen LogP contribution is 2.29. The molecule has 2 rings (SSSR count). The molecule has 3 nitrogen and oxygen atoms in total. The molecule has 86 valence electrons. The number of furan rings is 1. The number of fused-ring (bicyclic) bond motifs is 1. The largest absolute Gasteiger partial charge is 0.457 e. The highest BCUT2D eigenvalue weighted by molar-refractivity contribution is 5.77. The number of aromatic nitrogens is 2. The van der Waals surface area contributed by atoms with Crippen molar-refractivity contribution in [2.75, 3.05) is 0 Å². The molecule has 16 heavy (non-hydrogen) atoms. The quantitative estimate of drug-likeness (QED) is 0.770. The van der Waals surface area contributed by atoms with Gasteiger partial charge in [-0.3, -0.25) is 0 Å². The maximum atomic E-state index is 5.77. The summed E-state index contributed by atoms with van der Waals surface area (Å²) >= 11 is 0. The summed E-state index contributed by atoms with van der Waals surface area (Å²) in [6, 6.07) is 0. The van der Waals surface area contributed by atoms with E-state index in [-0.39, 0.29) is 0 Å². The van der Waals surface area contributed by atoms with Crippen LogP contribution in [0.15, 0.2) is 10.6 Å². The highest BCUT2D eigenvalue weighted by atomic mass is 16.3. The molecule has 0 aliphatic carbocycles. The van der Waals surface area contributed by atoms with E-state index in [1.165, 1.54) is 0 Å². The summed E-state index contributed by atoms with van der Waals surface area (Å²) in [6.07, 6.45) is 1.79. The van der Waals surface area contributed by atoms with Gasteiger partial charge in [0.1, 0.15) is 17.1 Å². The Balaban J connectivity index is 2.64. The number of nitrogens with zero attached hydrogens (tertiary/aromatic N) is 2. The fraction of sp³-hybridized carbons (Fsp3) is 0.538. The number of hydrogen-bond acceptors (Lipinski definition) is 3. The third-order valence-electron chi connectivity index (χ3n) is 2.76. The third-order valence-corrected chi connectivity index (χ3v) is 2.76. The maximum Gasteiger partial charge on any atom is 0.171 e.